The summed E-state index contributed by atoms with van der Waals surface area (Å²) in [5, 5.41) is 13.8. The van der Waals surface area contributed by atoms with E-state index in [1.54, 1.807) is 0 Å². The Hall–Kier alpha value is -0.120. The maximum atomic E-state index is 10.3. The van der Waals surface area contributed by atoms with Crippen LogP contribution < -0.4 is 5.32 Å². The molecule has 1 aliphatic rings. The van der Waals surface area contributed by atoms with Crippen molar-refractivity contribution in [3.05, 3.63) is 0 Å². The Morgan fingerprint density at radius 3 is 2.53 bits per heavy atom. The zero-order valence-corrected chi connectivity index (χ0v) is 11.9. The van der Waals surface area contributed by atoms with Crippen molar-refractivity contribution in [3.8, 4) is 0 Å². The normalized spacial score (nSPS) is 30.5. The highest BCUT2D eigenvalue weighted by Crippen LogP contribution is 2.28. The molecule has 1 fully saturated rings. The lowest BCUT2D eigenvalue weighted by Crippen LogP contribution is -2.49. The molecule has 3 nitrogen and oxygen atoms in total. The van der Waals surface area contributed by atoms with E-state index in [1.165, 1.54) is 0 Å². The van der Waals surface area contributed by atoms with Gasteiger partial charge in [-0.15, -0.1) is 0 Å². The molecule has 0 aromatic carbocycles. The van der Waals surface area contributed by atoms with E-state index in [0.717, 1.165) is 38.7 Å². The average molecular weight is 243 g/mol. The van der Waals surface area contributed by atoms with Crippen LogP contribution in [0, 0.1) is 0 Å². The van der Waals surface area contributed by atoms with Gasteiger partial charge < -0.3 is 15.2 Å². The minimum atomic E-state index is -0.541. The molecule has 1 saturated heterocycles. The molecule has 1 heterocycles. The van der Waals surface area contributed by atoms with Gasteiger partial charge in [0.05, 0.1) is 11.2 Å². The molecular formula is C14H29NO2. The third-order valence-electron chi connectivity index (χ3n) is 4.38. The van der Waals surface area contributed by atoms with Crippen molar-refractivity contribution < 1.29 is 9.84 Å². The Bertz CT molecular complexity index is 228. The van der Waals surface area contributed by atoms with Gasteiger partial charge in [0.25, 0.3) is 0 Å². The van der Waals surface area contributed by atoms with Crippen molar-refractivity contribution in [2.45, 2.75) is 77.0 Å². The molecule has 1 rings (SSSR count). The summed E-state index contributed by atoms with van der Waals surface area (Å²) >= 11 is 0. The Balaban J connectivity index is 2.42. The standard InChI is InChI=1S/C14H29NO2/c1-5-13(4)10-12(8-9-17-13)15-11-14(16,6-2)7-3/h12,15-16H,5-11H2,1-4H3. The molecule has 0 amide bonds. The van der Waals surface area contributed by atoms with E-state index in [4.69, 9.17) is 4.74 Å². The fraction of sp³-hybridized carbons (Fsp3) is 1.00. The molecule has 0 radical (unpaired) electrons. The highest BCUT2D eigenvalue weighted by Gasteiger charge is 2.32. The number of hydrogen-bond donors (Lipinski definition) is 2. The molecule has 2 N–H and O–H groups in total. The van der Waals surface area contributed by atoms with E-state index in [9.17, 15) is 5.11 Å². The number of ether oxygens (including phenoxy) is 1. The molecule has 3 heteroatoms. The molecule has 0 spiro atoms. The van der Waals surface area contributed by atoms with E-state index < -0.39 is 5.60 Å². The third kappa shape index (κ3) is 4.23. The summed E-state index contributed by atoms with van der Waals surface area (Å²) < 4.78 is 5.83. The first-order chi connectivity index (χ1) is 7.97. The van der Waals surface area contributed by atoms with Crippen molar-refractivity contribution >= 4 is 0 Å². The van der Waals surface area contributed by atoms with Crippen LogP contribution in [0.3, 0.4) is 0 Å². The molecule has 17 heavy (non-hydrogen) atoms. The van der Waals surface area contributed by atoms with Crippen LogP contribution in [0.15, 0.2) is 0 Å². The minimum absolute atomic E-state index is 0.0203. The predicted molar refractivity (Wildman–Crippen MR) is 71.2 cm³/mol. The largest absolute Gasteiger partial charge is 0.389 e. The number of hydrogen-bond acceptors (Lipinski definition) is 3. The zero-order chi connectivity index (χ0) is 12.9. The highest BCUT2D eigenvalue weighted by atomic mass is 16.5. The molecule has 2 atom stereocenters. The topological polar surface area (TPSA) is 41.5 Å². The van der Waals surface area contributed by atoms with Gasteiger partial charge in [-0.2, -0.15) is 0 Å². The summed E-state index contributed by atoms with van der Waals surface area (Å²) in [6.45, 7) is 9.99. The van der Waals surface area contributed by atoms with Crippen LogP contribution in [-0.2, 0) is 4.74 Å². The SMILES string of the molecule is CCC(O)(CC)CNC1CCOC(C)(CC)C1. The van der Waals surface area contributed by atoms with Crippen molar-refractivity contribution in [1.82, 2.24) is 5.32 Å². The van der Waals surface area contributed by atoms with Gasteiger partial charge >= 0.3 is 0 Å². The molecule has 0 saturated carbocycles. The zero-order valence-electron chi connectivity index (χ0n) is 11.9. The molecule has 0 aromatic heterocycles. The first kappa shape index (κ1) is 14.9. The van der Waals surface area contributed by atoms with Crippen LogP contribution >= 0.6 is 0 Å². The second-order valence-electron chi connectivity index (χ2n) is 5.65. The molecular weight excluding hydrogens is 214 g/mol. The molecule has 2 unspecified atom stereocenters. The van der Waals surface area contributed by atoms with Crippen molar-refractivity contribution in [2.24, 2.45) is 0 Å². The summed E-state index contributed by atoms with van der Waals surface area (Å²) in [5.74, 6) is 0. The lowest BCUT2D eigenvalue weighted by Gasteiger charge is -2.39. The summed E-state index contributed by atoms with van der Waals surface area (Å²) in [4.78, 5) is 0. The van der Waals surface area contributed by atoms with E-state index in [1.807, 2.05) is 13.8 Å². The summed E-state index contributed by atoms with van der Waals surface area (Å²) in [5.41, 5.74) is -0.520. The summed E-state index contributed by atoms with van der Waals surface area (Å²) in [7, 11) is 0. The Labute approximate surface area is 106 Å². The Morgan fingerprint density at radius 2 is 2.00 bits per heavy atom. The smallest absolute Gasteiger partial charge is 0.0766 e. The first-order valence-corrected chi connectivity index (χ1v) is 7.06. The van der Waals surface area contributed by atoms with Gasteiger partial charge in [0.15, 0.2) is 0 Å². The monoisotopic (exact) mass is 243 g/mol. The van der Waals surface area contributed by atoms with Gasteiger partial charge in [0.1, 0.15) is 0 Å². The lowest BCUT2D eigenvalue weighted by atomic mass is 9.89. The first-order valence-electron chi connectivity index (χ1n) is 7.06. The van der Waals surface area contributed by atoms with Gasteiger partial charge in [-0.1, -0.05) is 20.8 Å². The molecule has 1 aliphatic heterocycles. The second kappa shape index (κ2) is 6.17. The molecule has 102 valence electrons. The third-order valence-corrected chi connectivity index (χ3v) is 4.38. The second-order valence-corrected chi connectivity index (χ2v) is 5.65. The molecule has 0 aromatic rings. The summed E-state index contributed by atoms with van der Waals surface area (Å²) in [6, 6.07) is 0.485. The van der Waals surface area contributed by atoms with Crippen LogP contribution in [0.1, 0.15) is 59.8 Å². The van der Waals surface area contributed by atoms with Crippen molar-refractivity contribution in [1.29, 1.82) is 0 Å². The van der Waals surface area contributed by atoms with E-state index in [0.29, 0.717) is 12.6 Å². The van der Waals surface area contributed by atoms with Gasteiger partial charge in [-0.05, 0) is 39.0 Å². The Kier molecular flexibility index (Phi) is 5.42. The van der Waals surface area contributed by atoms with E-state index in [2.05, 4.69) is 19.2 Å². The van der Waals surface area contributed by atoms with Gasteiger partial charge in [0, 0.05) is 19.2 Å². The van der Waals surface area contributed by atoms with E-state index >= 15 is 0 Å². The minimum Gasteiger partial charge on any atom is -0.389 e. The number of aliphatic hydroxyl groups is 1. The highest BCUT2D eigenvalue weighted by molar-refractivity contribution is 4.88. The molecule has 0 aliphatic carbocycles. The number of nitrogens with one attached hydrogen (secondary N) is 1. The van der Waals surface area contributed by atoms with Gasteiger partial charge in [0.2, 0.25) is 0 Å². The average Bonchev–Trinajstić information content (AvgIpc) is 2.36. The molecule has 0 bridgehead atoms. The fourth-order valence-corrected chi connectivity index (χ4v) is 2.38. The predicted octanol–water partition coefficient (Wildman–Crippen LogP) is 2.47. The number of rotatable bonds is 6. The van der Waals surface area contributed by atoms with Crippen LogP contribution in [0.5, 0.6) is 0 Å². The quantitative estimate of drug-likeness (QED) is 0.753. The van der Waals surface area contributed by atoms with Crippen LogP contribution in [0.4, 0.5) is 0 Å². The maximum absolute atomic E-state index is 10.3. The van der Waals surface area contributed by atoms with Crippen LogP contribution in [0.2, 0.25) is 0 Å². The lowest BCUT2D eigenvalue weighted by molar-refractivity contribution is -0.0809. The van der Waals surface area contributed by atoms with Crippen molar-refractivity contribution in [2.75, 3.05) is 13.2 Å². The van der Waals surface area contributed by atoms with Crippen LogP contribution in [0.25, 0.3) is 0 Å². The van der Waals surface area contributed by atoms with E-state index in [-0.39, 0.29) is 5.60 Å². The van der Waals surface area contributed by atoms with Crippen LogP contribution in [-0.4, -0.2) is 35.5 Å². The maximum Gasteiger partial charge on any atom is 0.0766 e. The Morgan fingerprint density at radius 1 is 1.35 bits per heavy atom. The summed E-state index contributed by atoms with van der Waals surface area (Å²) in [6.07, 6.45) is 4.78. The fourth-order valence-electron chi connectivity index (χ4n) is 2.38. The van der Waals surface area contributed by atoms with Gasteiger partial charge in [-0.25, -0.2) is 0 Å². The van der Waals surface area contributed by atoms with Crippen molar-refractivity contribution in [3.63, 3.8) is 0 Å². The van der Waals surface area contributed by atoms with Gasteiger partial charge in [-0.3, -0.25) is 0 Å².